The molecule has 244 valence electrons. The van der Waals surface area contributed by atoms with Crippen molar-refractivity contribution in [1.29, 1.82) is 0 Å². The Hall–Kier alpha value is -4.61. The van der Waals surface area contributed by atoms with E-state index in [0.717, 1.165) is 68.2 Å². The highest BCUT2D eigenvalue weighted by Crippen LogP contribution is 2.34. The van der Waals surface area contributed by atoms with E-state index in [2.05, 4.69) is 49.9 Å². The van der Waals surface area contributed by atoms with E-state index in [1.165, 1.54) is 5.56 Å². The molecule has 3 aliphatic heterocycles. The summed E-state index contributed by atoms with van der Waals surface area (Å²) in [4.78, 5) is 43.0. The van der Waals surface area contributed by atoms with E-state index in [4.69, 9.17) is 19.2 Å². The number of fused-ring (bicyclic) bond motifs is 2. The highest BCUT2D eigenvalue weighted by molar-refractivity contribution is 5.97. The van der Waals surface area contributed by atoms with E-state index in [1.807, 2.05) is 0 Å². The Morgan fingerprint density at radius 2 is 1.91 bits per heavy atom. The van der Waals surface area contributed by atoms with Crippen LogP contribution in [0.1, 0.15) is 80.1 Å². The van der Waals surface area contributed by atoms with Gasteiger partial charge in [-0.15, -0.1) is 0 Å². The third-order valence-electron chi connectivity index (χ3n) is 8.51. The number of hydrogen-bond acceptors (Lipinski definition) is 11. The van der Waals surface area contributed by atoms with Crippen LogP contribution < -0.4 is 30.3 Å². The van der Waals surface area contributed by atoms with E-state index >= 15 is 0 Å². The average molecular weight is 630 g/mol. The number of amides is 1. The van der Waals surface area contributed by atoms with Gasteiger partial charge in [0.15, 0.2) is 11.5 Å². The zero-order chi connectivity index (χ0) is 32.3. The van der Waals surface area contributed by atoms with Crippen molar-refractivity contribution in [1.82, 2.24) is 20.3 Å². The number of hydrogen-bond donors (Lipinski definition) is 3. The van der Waals surface area contributed by atoms with Crippen LogP contribution in [0.2, 0.25) is 0 Å². The van der Waals surface area contributed by atoms with Crippen LogP contribution in [0.4, 0.5) is 17.5 Å². The molecule has 1 saturated heterocycles. The van der Waals surface area contributed by atoms with Gasteiger partial charge in [-0.1, -0.05) is 13.0 Å². The van der Waals surface area contributed by atoms with Crippen LogP contribution in [0.15, 0.2) is 36.7 Å². The van der Waals surface area contributed by atoms with Crippen molar-refractivity contribution in [3.63, 3.8) is 0 Å². The number of anilines is 3. The zero-order valence-corrected chi connectivity index (χ0v) is 27.0. The molecule has 3 N–H and O–H groups in total. The summed E-state index contributed by atoms with van der Waals surface area (Å²) in [6.45, 7) is 10.3. The highest BCUT2D eigenvalue weighted by atomic mass is 16.7. The maximum Gasteiger partial charge on any atom is 0.331 e. The maximum atomic E-state index is 13.3. The third-order valence-corrected chi connectivity index (χ3v) is 8.51. The molecule has 0 saturated carbocycles. The number of carbonyl (C=O) groups is 2. The van der Waals surface area contributed by atoms with Crippen LogP contribution in [-0.2, 0) is 22.4 Å². The number of carbonyl (C=O) groups excluding carboxylic acids is 2. The lowest BCUT2D eigenvalue weighted by Crippen LogP contribution is -2.48. The second-order valence-electron chi connectivity index (χ2n) is 12.9. The van der Waals surface area contributed by atoms with Gasteiger partial charge in [0, 0.05) is 48.9 Å². The zero-order valence-electron chi connectivity index (χ0n) is 27.0. The fourth-order valence-electron chi connectivity index (χ4n) is 6.16. The summed E-state index contributed by atoms with van der Waals surface area (Å²) < 4.78 is 16.4. The Morgan fingerprint density at radius 1 is 1.11 bits per heavy atom. The van der Waals surface area contributed by atoms with Gasteiger partial charge in [0.1, 0.15) is 35.4 Å². The lowest BCUT2D eigenvalue weighted by molar-refractivity contribution is -0.156. The normalized spacial score (nSPS) is 16.7. The van der Waals surface area contributed by atoms with Crippen molar-refractivity contribution in [2.75, 3.05) is 48.5 Å². The van der Waals surface area contributed by atoms with E-state index in [1.54, 1.807) is 45.3 Å². The summed E-state index contributed by atoms with van der Waals surface area (Å²) in [6, 6.07) is 8.37. The van der Waals surface area contributed by atoms with Gasteiger partial charge in [-0.05, 0) is 82.7 Å². The molecule has 1 fully saturated rings. The minimum Gasteiger partial charge on any atom is -0.458 e. The van der Waals surface area contributed by atoms with Crippen molar-refractivity contribution in [3.05, 3.63) is 59.0 Å². The summed E-state index contributed by atoms with van der Waals surface area (Å²) in [5, 5.41) is 9.61. The van der Waals surface area contributed by atoms with Gasteiger partial charge < -0.3 is 35.1 Å². The van der Waals surface area contributed by atoms with E-state index in [-0.39, 0.29) is 13.3 Å². The predicted octanol–water partition coefficient (Wildman–Crippen LogP) is 4.46. The lowest BCUT2D eigenvalue weighted by atomic mass is 9.92. The quantitative estimate of drug-likeness (QED) is 0.289. The first-order valence-corrected chi connectivity index (χ1v) is 16.2. The Labute approximate surface area is 269 Å². The standard InChI is InChI=1S/C34H43N7O5/c1-5-24-30(36-18-26(33(43)46-34(2,3)4)40-32(42)23-9-11-27-28(17-23)45-20-44-27)37-19-38-31(24)41-15-12-21(13-16-41)25-10-8-22-7-6-14-35-29(22)39-25/h8-11,17,19,21,26H,5-7,12-16,18,20H2,1-4H3,(H,35,39)(H,40,42)(H,36,37,38)/t26-/m0/s1. The molecule has 3 aromatic rings. The fourth-order valence-corrected chi connectivity index (χ4v) is 6.16. The molecular weight excluding hydrogens is 586 g/mol. The van der Waals surface area contributed by atoms with Crippen LogP contribution in [0, 0.1) is 0 Å². The molecule has 0 radical (unpaired) electrons. The van der Waals surface area contributed by atoms with Crippen LogP contribution in [0.3, 0.4) is 0 Å². The molecule has 3 aliphatic rings. The topological polar surface area (TPSA) is 140 Å². The lowest BCUT2D eigenvalue weighted by Gasteiger charge is -2.34. The van der Waals surface area contributed by atoms with Crippen molar-refractivity contribution >= 4 is 29.3 Å². The molecule has 0 spiro atoms. The summed E-state index contributed by atoms with van der Waals surface area (Å²) in [6.07, 6.45) is 6.44. The maximum absolute atomic E-state index is 13.3. The van der Waals surface area contributed by atoms with Gasteiger partial charge in [0.2, 0.25) is 6.79 Å². The summed E-state index contributed by atoms with van der Waals surface area (Å²) in [5.41, 5.74) is 3.04. The number of piperidine rings is 1. The summed E-state index contributed by atoms with van der Waals surface area (Å²) >= 11 is 0. The minimum atomic E-state index is -0.977. The van der Waals surface area contributed by atoms with Gasteiger partial charge in [-0.2, -0.15) is 0 Å². The predicted molar refractivity (Wildman–Crippen MR) is 175 cm³/mol. The van der Waals surface area contributed by atoms with Crippen LogP contribution in [0.25, 0.3) is 0 Å². The van der Waals surface area contributed by atoms with Crippen molar-refractivity contribution in [2.45, 2.75) is 77.4 Å². The molecule has 1 aromatic carbocycles. The molecule has 46 heavy (non-hydrogen) atoms. The molecule has 6 rings (SSSR count). The number of ether oxygens (including phenoxy) is 3. The van der Waals surface area contributed by atoms with Gasteiger partial charge in [0.25, 0.3) is 5.91 Å². The van der Waals surface area contributed by atoms with E-state index < -0.39 is 23.5 Å². The van der Waals surface area contributed by atoms with Gasteiger partial charge >= 0.3 is 5.97 Å². The molecule has 1 atom stereocenters. The molecular formula is C34H43N7O5. The molecule has 0 unspecified atom stereocenters. The second-order valence-corrected chi connectivity index (χ2v) is 12.9. The monoisotopic (exact) mass is 629 g/mol. The Balaban J connectivity index is 1.14. The molecule has 12 heteroatoms. The number of nitrogens with zero attached hydrogens (tertiary/aromatic N) is 4. The molecule has 12 nitrogen and oxygen atoms in total. The summed E-state index contributed by atoms with van der Waals surface area (Å²) in [7, 11) is 0. The largest absolute Gasteiger partial charge is 0.458 e. The van der Waals surface area contributed by atoms with Crippen molar-refractivity contribution in [2.24, 2.45) is 0 Å². The van der Waals surface area contributed by atoms with Gasteiger partial charge in [-0.3, -0.25) is 4.79 Å². The number of pyridine rings is 1. The van der Waals surface area contributed by atoms with Gasteiger partial charge in [0.05, 0.1) is 0 Å². The van der Waals surface area contributed by atoms with E-state index in [9.17, 15) is 9.59 Å². The number of nitrogens with one attached hydrogen (secondary N) is 3. The smallest absolute Gasteiger partial charge is 0.331 e. The van der Waals surface area contributed by atoms with Crippen LogP contribution in [-0.4, -0.2) is 71.4 Å². The van der Waals surface area contributed by atoms with Crippen molar-refractivity contribution < 1.29 is 23.8 Å². The Kier molecular flexibility index (Phi) is 9.14. The first-order valence-electron chi connectivity index (χ1n) is 16.2. The number of esters is 1. The number of rotatable bonds is 9. The molecule has 1 amide bonds. The molecule has 2 aromatic heterocycles. The summed E-state index contributed by atoms with van der Waals surface area (Å²) in [5.74, 6) is 3.04. The Morgan fingerprint density at radius 3 is 2.70 bits per heavy atom. The third kappa shape index (κ3) is 7.11. The van der Waals surface area contributed by atoms with Gasteiger partial charge in [-0.25, -0.2) is 19.7 Å². The number of benzene rings is 1. The minimum absolute atomic E-state index is 0.0781. The molecule has 5 heterocycles. The molecule has 0 aliphatic carbocycles. The fraction of sp³-hybridized carbons (Fsp3) is 0.500. The second kappa shape index (κ2) is 13.4. The number of aromatic nitrogens is 3. The van der Waals surface area contributed by atoms with Crippen LogP contribution >= 0.6 is 0 Å². The first-order chi connectivity index (χ1) is 22.2. The van der Waals surface area contributed by atoms with Crippen LogP contribution in [0.5, 0.6) is 11.5 Å². The average Bonchev–Trinajstić information content (AvgIpc) is 3.53. The first kappa shape index (κ1) is 31.4. The number of aryl methyl sites for hydroxylation is 1. The molecule has 0 bridgehead atoms. The van der Waals surface area contributed by atoms with Crippen molar-refractivity contribution in [3.8, 4) is 11.5 Å². The Bertz CT molecular complexity index is 1580. The highest BCUT2D eigenvalue weighted by Gasteiger charge is 2.30. The SMILES string of the molecule is CCc1c(NC[C@H](NC(=O)c2ccc3c(c2)OCO3)C(=O)OC(C)(C)C)ncnc1N1CCC(c2ccc3c(n2)NCCC3)CC1. The van der Waals surface area contributed by atoms with E-state index in [0.29, 0.717) is 35.2 Å².